The van der Waals surface area contributed by atoms with Gasteiger partial charge in [0, 0.05) is 0 Å². The van der Waals surface area contributed by atoms with Crippen LogP contribution in [0.1, 0.15) is 36.1 Å². The second-order valence-electron chi connectivity index (χ2n) is 11.3. The van der Waals surface area contributed by atoms with Gasteiger partial charge in [-0.2, -0.15) is 0 Å². The molecule has 2 atom stereocenters. The second-order valence-corrected chi connectivity index (χ2v) is 14.9. The van der Waals surface area contributed by atoms with E-state index in [4.69, 9.17) is 0 Å². The van der Waals surface area contributed by atoms with Crippen LogP contribution in [0.3, 0.4) is 0 Å². The van der Waals surface area contributed by atoms with E-state index < -0.39 is 0 Å². The quantitative estimate of drug-likeness (QED) is 0.239. The molecule has 0 saturated carbocycles. The molecule has 2 aliphatic carbocycles. The summed E-state index contributed by atoms with van der Waals surface area (Å²) in [5.74, 6) is 0. The van der Waals surface area contributed by atoms with Gasteiger partial charge in [-0.3, -0.25) is 0 Å². The SMILES string of the molecule is CC1=C(B(C2=C(C)[CH]([K])c3cccc(-c4ccccc4)c32)N(C)C)c2c(-c3ccccc3)cccc2[CH]1[K]. The van der Waals surface area contributed by atoms with E-state index >= 15 is 0 Å². The predicted molar refractivity (Wildman–Crippen MR) is 165 cm³/mol. The van der Waals surface area contributed by atoms with Crippen molar-refractivity contribution in [3.63, 3.8) is 0 Å². The minimum atomic E-state index is 0.224. The average Bonchev–Trinajstić information content (AvgIpc) is 3.35. The van der Waals surface area contributed by atoms with Crippen LogP contribution in [0.25, 0.3) is 33.2 Å². The third-order valence-electron chi connectivity index (χ3n) is 9.05. The summed E-state index contributed by atoms with van der Waals surface area (Å²) in [4.78, 5) is 2.49. The van der Waals surface area contributed by atoms with Gasteiger partial charge in [0.1, 0.15) is 0 Å². The van der Waals surface area contributed by atoms with Crippen LogP contribution in [0.5, 0.6) is 0 Å². The molecular formula is C34H30BK2N. The maximum atomic E-state index is 2.49. The van der Waals surface area contributed by atoms with Gasteiger partial charge in [0.05, 0.1) is 0 Å². The van der Waals surface area contributed by atoms with Crippen molar-refractivity contribution < 1.29 is 0 Å². The fourth-order valence-electron chi connectivity index (χ4n) is 6.87. The molecule has 0 N–H and O–H groups in total. The summed E-state index contributed by atoms with van der Waals surface area (Å²) in [6.07, 6.45) is 0. The molecule has 0 spiro atoms. The molecule has 38 heavy (non-hydrogen) atoms. The van der Waals surface area contributed by atoms with Crippen LogP contribution in [0, 0.1) is 0 Å². The van der Waals surface area contributed by atoms with Crippen LogP contribution in [-0.4, -0.2) is 124 Å². The Morgan fingerprint density at radius 1 is 0.553 bits per heavy atom. The molecule has 0 aliphatic heterocycles. The van der Waals surface area contributed by atoms with Gasteiger partial charge in [-0.15, -0.1) is 0 Å². The fourth-order valence-corrected chi connectivity index (χ4v) is 9.35. The van der Waals surface area contributed by atoms with Crippen molar-refractivity contribution in [3.8, 4) is 22.3 Å². The molecule has 0 radical (unpaired) electrons. The van der Waals surface area contributed by atoms with Crippen LogP contribution in [0.4, 0.5) is 0 Å². The molecule has 2 unspecified atom stereocenters. The van der Waals surface area contributed by atoms with E-state index in [0.717, 1.165) is 0 Å². The molecule has 0 amide bonds. The number of fused-ring (bicyclic) bond motifs is 2. The van der Waals surface area contributed by atoms with Crippen molar-refractivity contribution in [3.05, 3.63) is 130 Å². The molecule has 4 aromatic carbocycles. The Kier molecular flexibility index (Phi) is 8.42. The molecule has 4 aromatic rings. The number of benzene rings is 4. The van der Waals surface area contributed by atoms with Crippen molar-refractivity contribution in [1.29, 1.82) is 0 Å². The standard InChI is InChI=1S/C34H30BN.2K/c1-23-21-27-17-11-19-29(25-13-7-5-8-14-25)31(27)33(23)35(36(3)4)34-24(2)22-28-18-12-20-30(32(28)34)26-15-9-6-10-16-26;;/h5-22H,1-4H3;;. The maximum absolute atomic E-state index is 2.49. The molecule has 176 valence electrons. The first kappa shape index (κ1) is 27.8. The van der Waals surface area contributed by atoms with Gasteiger partial charge in [0.15, 0.2) is 0 Å². The summed E-state index contributed by atoms with van der Waals surface area (Å²) < 4.78 is 1.19. The van der Waals surface area contributed by atoms with Gasteiger partial charge >= 0.3 is 301 Å². The van der Waals surface area contributed by atoms with E-state index in [0.29, 0.717) is 97.9 Å². The summed E-state index contributed by atoms with van der Waals surface area (Å²) in [5.41, 5.74) is 17.8. The molecule has 0 bridgehead atoms. The number of hydrogen-bond acceptors (Lipinski definition) is 1. The van der Waals surface area contributed by atoms with Crippen molar-refractivity contribution in [1.82, 2.24) is 4.81 Å². The van der Waals surface area contributed by atoms with E-state index in [2.05, 4.69) is 130 Å². The molecule has 1 nitrogen and oxygen atoms in total. The zero-order chi connectivity index (χ0) is 26.6. The van der Waals surface area contributed by atoms with Crippen molar-refractivity contribution in [2.75, 3.05) is 14.1 Å². The summed E-state index contributed by atoms with van der Waals surface area (Å²) in [7, 11) is 4.57. The number of hydrogen-bond donors (Lipinski definition) is 0. The third kappa shape index (κ3) is 4.68. The van der Waals surface area contributed by atoms with Gasteiger partial charge in [0.25, 0.3) is 0 Å². The van der Waals surface area contributed by atoms with Crippen LogP contribution in [-0.2, 0) is 0 Å². The zero-order valence-corrected chi connectivity index (χ0v) is 29.7. The first-order chi connectivity index (χ1) is 18.4. The van der Waals surface area contributed by atoms with Crippen LogP contribution >= 0.6 is 0 Å². The minimum absolute atomic E-state index is 0.224. The van der Waals surface area contributed by atoms with Gasteiger partial charge < -0.3 is 0 Å². The van der Waals surface area contributed by atoms with E-state index in [9.17, 15) is 0 Å². The van der Waals surface area contributed by atoms with Gasteiger partial charge in [-0.1, -0.05) is 0 Å². The summed E-state index contributed by atoms with van der Waals surface area (Å²) >= 11 is 1.35. The number of allylic oxidation sites excluding steroid dienone is 2. The first-order valence-electron chi connectivity index (χ1n) is 13.8. The van der Waals surface area contributed by atoms with E-state index in [1.54, 1.807) is 33.2 Å². The molecule has 4 heteroatoms. The monoisotopic (exact) mass is 541 g/mol. The van der Waals surface area contributed by atoms with E-state index in [1.165, 1.54) is 33.4 Å². The Bertz CT molecular complexity index is 1470. The van der Waals surface area contributed by atoms with Gasteiger partial charge in [0.2, 0.25) is 0 Å². The molecule has 0 aromatic heterocycles. The van der Waals surface area contributed by atoms with Crippen molar-refractivity contribution in [2.45, 2.75) is 13.9 Å². The molecule has 6 rings (SSSR count). The van der Waals surface area contributed by atoms with Crippen molar-refractivity contribution >= 4 is 116 Å². The topological polar surface area (TPSA) is 3.24 Å². The Labute approximate surface area is 296 Å². The summed E-state index contributed by atoms with van der Waals surface area (Å²) in [5, 5.41) is 0. The summed E-state index contributed by atoms with van der Waals surface area (Å²) in [6.45, 7) is 5.07. The van der Waals surface area contributed by atoms with Crippen LogP contribution in [0.2, 0.25) is 0 Å². The van der Waals surface area contributed by atoms with E-state index in [-0.39, 0.29) is 6.85 Å². The van der Waals surface area contributed by atoms with Crippen LogP contribution in [0.15, 0.2) is 108 Å². The molecular weight excluding hydrogens is 511 g/mol. The van der Waals surface area contributed by atoms with Gasteiger partial charge in [-0.05, 0) is 0 Å². The Morgan fingerprint density at radius 2 is 0.947 bits per heavy atom. The third-order valence-corrected chi connectivity index (χ3v) is 13.7. The normalized spacial score (nSPS) is 18.3. The Hall–Kier alpha value is -0.342. The predicted octanol–water partition coefficient (Wildman–Crippen LogP) is 7.35. The Morgan fingerprint density at radius 3 is 1.32 bits per heavy atom. The first-order valence-corrected chi connectivity index (χ1v) is 17.5. The molecule has 0 heterocycles. The molecule has 0 saturated heterocycles. The second kappa shape index (κ2) is 11.5. The summed E-state index contributed by atoms with van der Waals surface area (Å²) in [6, 6.07) is 36.1. The Balaban J connectivity index is 1.62. The number of nitrogens with zero attached hydrogens (tertiary/aromatic N) is 1. The molecule has 0 fully saturated rings. The van der Waals surface area contributed by atoms with Gasteiger partial charge in [-0.25, -0.2) is 0 Å². The fraction of sp³-hybridized carbons (Fsp3) is 0.176. The zero-order valence-electron chi connectivity index (χ0n) is 23.4. The molecule has 2 aliphatic rings. The van der Waals surface area contributed by atoms with Crippen molar-refractivity contribution in [2.24, 2.45) is 0 Å². The van der Waals surface area contributed by atoms with E-state index in [1.807, 2.05) is 0 Å². The number of rotatable bonds is 5. The van der Waals surface area contributed by atoms with Crippen LogP contribution < -0.4 is 0 Å². The average molecular weight is 542 g/mol.